The molecule has 0 aliphatic carbocycles. The smallest absolute Gasteiger partial charge is 0.324 e. The van der Waals surface area contributed by atoms with Crippen LogP contribution in [0.5, 0.6) is 0 Å². The van der Waals surface area contributed by atoms with E-state index in [0.717, 1.165) is 37.4 Å². The lowest BCUT2D eigenvalue weighted by molar-refractivity contribution is -0.124. The average molecular weight is 433 g/mol. The largest absolute Gasteiger partial charge is 0.336 e. The number of carbonyl (C=O) groups is 2. The molecular weight excluding hydrogens is 407 g/mol. The van der Waals surface area contributed by atoms with Crippen LogP contribution in [0.15, 0.2) is 29.4 Å². The molecule has 2 aliphatic rings. The first-order valence-electron chi connectivity index (χ1n) is 10.2. The zero-order valence-corrected chi connectivity index (χ0v) is 17.7. The fourth-order valence-corrected chi connectivity index (χ4v) is 4.70. The summed E-state index contributed by atoms with van der Waals surface area (Å²) in [5.74, 6) is 0.249. The SMILES string of the molecule is CC(c1nnc(SCC(=O)N2CCNC2=O)n1-c1ccc(F)cc1)N1CCCCC1. The Hall–Kier alpha value is -2.46. The number of imide groups is 1. The third kappa shape index (κ3) is 4.34. The van der Waals surface area contributed by atoms with Crippen LogP contribution in [0.1, 0.15) is 38.1 Å². The number of rotatable bonds is 6. The van der Waals surface area contributed by atoms with Crippen LogP contribution in [-0.2, 0) is 4.79 Å². The number of aromatic nitrogens is 3. The van der Waals surface area contributed by atoms with E-state index in [-0.39, 0.29) is 29.6 Å². The van der Waals surface area contributed by atoms with Crippen molar-refractivity contribution in [3.63, 3.8) is 0 Å². The highest BCUT2D eigenvalue weighted by molar-refractivity contribution is 7.99. The van der Waals surface area contributed by atoms with Crippen molar-refractivity contribution >= 4 is 23.7 Å². The van der Waals surface area contributed by atoms with Crippen molar-refractivity contribution in [3.05, 3.63) is 35.9 Å². The highest BCUT2D eigenvalue weighted by Crippen LogP contribution is 2.29. The van der Waals surface area contributed by atoms with Gasteiger partial charge in [-0.3, -0.25) is 19.2 Å². The number of amides is 3. The van der Waals surface area contributed by atoms with E-state index in [2.05, 4.69) is 27.3 Å². The summed E-state index contributed by atoms with van der Waals surface area (Å²) in [4.78, 5) is 27.8. The third-order valence-electron chi connectivity index (χ3n) is 5.54. The van der Waals surface area contributed by atoms with Crippen molar-refractivity contribution in [2.24, 2.45) is 0 Å². The first-order valence-corrected chi connectivity index (χ1v) is 11.2. The predicted molar refractivity (Wildman–Crippen MR) is 111 cm³/mol. The Balaban J connectivity index is 1.59. The highest BCUT2D eigenvalue weighted by Gasteiger charge is 2.28. The molecule has 1 aromatic heterocycles. The Labute approximate surface area is 178 Å². The molecule has 3 amide bonds. The molecule has 0 bridgehead atoms. The lowest BCUT2D eigenvalue weighted by Crippen LogP contribution is -2.35. The van der Waals surface area contributed by atoms with E-state index < -0.39 is 0 Å². The minimum absolute atomic E-state index is 0.0391. The quantitative estimate of drug-likeness (QED) is 0.707. The number of carbonyl (C=O) groups excluding carboxylic acids is 2. The van der Waals surface area contributed by atoms with Crippen LogP contribution in [0.25, 0.3) is 5.69 Å². The number of thioether (sulfide) groups is 1. The van der Waals surface area contributed by atoms with Gasteiger partial charge in [0.1, 0.15) is 5.82 Å². The van der Waals surface area contributed by atoms with Gasteiger partial charge >= 0.3 is 6.03 Å². The van der Waals surface area contributed by atoms with Gasteiger partial charge in [-0.1, -0.05) is 18.2 Å². The van der Waals surface area contributed by atoms with Gasteiger partial charge in [0, 0.05) is 18.8 Å². The monoisotopic (exact) mass is 432 g/mol. The Morgan fingerprint density at radius 3 is 2.57 bits per heavy atom. The predicted octanol–water partition coefficient (Wildman–Crippen LogP) is 2.60. The maximum absolute atomic E-state index is 13.5. The second-order valence-electron chi connectivity index (χ2n) is 7.49. The standard InChI is InChI=1S/C20H25FN6O2S/c1-14(25-10-3-2-4-11-25)18-23-24-20(27(18)16-7-5-15(21)6-8-16)30-13-17(28)26-12-9-22-19(26)29/h5-8,14H,2-4,9-13H2,1H3,(H,22,29). The van der Waals surface area contributed by atoms with Crippen molar-refractivity contribution in [2.45, 2.75) is 37.4 Å². The molecule has 1 aromatic carbocycles. The topological polar surface area (TPSA) is 83.4 Å². The molecule has 1 N–H and O–H groups in total. The molecular formula is C20H25FN6O2S. The molecule has 0 saturated carbocycles. The molecule has 8 nitrogen and oxygen atoms in total. The molecule has 10 heteroatoms. The summed E-state index contributed by atoms with van der Waals surface area (Å²) in [5, 5.41) is 11.9. The van der Waals surface area contributed by atoms with Gasteiger partial charge in [0.2, 0.25) is 5.91 Å². The van der Waals surface area contributed by atoms with Crippen molar-refractivity contribution in [1.29, 1.82) is 0 Å². The van der Waals surface area contributed by atoms with E-state index in [0.29, 0.717) is 18.2 Å². The zero-order chi connectivity index (χ0) is 21.1. The van der Waals surface area contributed by atoms with Crippen LogP contribution in [0.3, 0.4) is 0 Å². The van der Waals surface area contributed by atoms with Crippen LogP contribution in [0.4, 0.5) is 9.18 Å². The summed E-state index contributed by atoms with van der Waals surface area (Å²) in [6, 6.07) is 5.85. The Morgan fingerprint density at radius 2 is 1.90 bits per heavy atom. The van der Waals surface area contributed by atoms with Crippen LogP contribution < -0.4 is 5.32 Å². The minimum atomic E-state index is -0.361. The van der Waals surface area contributed by atoms with Crippen LogP contribution >= 0.6 is 11.8 Å². The van der Waals surface area contributed by atoms with Gasteiger partial charge in [0.25, 0.3) is 0 Å². The molecule has 2 aromatic rings. The lowest BCUT2D eigenvalue weighted by Gasteiger charge is -2.31. The summed E-state index contributed by atoms with van der Waals surface area (Å²) in [6.07, 6.45) is 3.55. The maximum Gasteiger partial charge on any atom is 0.324 e. The van der Waals surface area contributed by atoms with Gasteiger partial charge in [0.05, 0.1) is 11.8 Å². The third-order valence-corrected chi connectivity index (χ3v) is 6.45. The summed E-state index contributed by atoms with van der Waals surface area (Å²) in [6.45, 7) is 4.95. The summed E-state index contributed by atoms with van der Waals surface area (Å²) < 4.78 is 15.4. The minimum Gasteiger partial charge on any atom is -0.336 e. The molecule has 0 spiro atoms. The normalized spacial score (nSPS) is 18.5. The van der Waals surface area contributed by atoms with E-state index in [9.17, 15) is 14.0 Å². The second kappa shape index (κ2) is 9.13. The zero-order valence-electron chi connectivity index (χ0n) is 16.9. The van der Waals surface area contributed by atoms with Gasteiger partial charge < -0.3 is 5.32 Å². The molecule has 30 heavy (non-hydrogen) atoms. The van der Waals surface area contributed by atoms with E-state index in [1.165, 1.54) is 35.2 Å². The van der Waals surface area contributed by atoms with Crippen molar-refractivity contribution < 1.29 is 14.0 Å². The van der Waals surface area contributed by atoms with Gasteiger partial charge in [-0.2, -0.15) is 0 Å². The number of likely N-dealkylation sites (tertiary alicyclic amines) is 1. The van der Waals surface area contributed by atoms with E-state index in [1.807, 2.05) is 4.57 Å². The van der Waals surface area contributed by atoms with Crippen LogP contribution in [-0.4, -0.2) is 68.4 Å². The molecule has 1 atom stereocenters. The molecule has 0 radical (unpaired) electrons. The number of halogens is 1. The number of piperidine rings is 1. The average Bonchev–Trinajstić information content (AvgIpc) is 3.39. The van der Waals surface area contributed by atoms with E-state index in [4.69, 9.17) is 0 Å². The molecule has 4 rings (SSSR count). The van der Waals surface area contributed by atoms with Gasteiger partial charge in [-0.25, -0.2) is 9.18 Å². The molecule has 160 valence electrons. The van der Waals surface area contributed by atoms with E-state index in [1.54, 1.807) is 12.1 Å². The number of nitrogens with one attached hydrogen (secondary N) is 1. The number of hydrogen-bond donors (Lipinski definition) is 1. The van der Waals surface area contributed by atoms with Gasteiger partial charge in [-0.05, 0) is 57.1 Å². The Morgan fingerprint density at radius 1 is 1.17 bits per heavy atom. The summed E-state index contributed by atoms with van der Waals surface area (Å²) in [7, 11) is 0. The lowest BCUT2D eigenvalue weighted by atomic mass is 10.1. The van der Waals surface area contributed by atoms with E-state index >= 15 is 0 Å². The first-order chi connectivity index (χ1) is 14.5. The van der Waals surface area contributed by atoms with Crippen molar-refractivity contribution in [3.8, 4) is 5.69 Å². The van der Waals surface area contributed by atoms with Crippen molar-refractivity contribution in [2.75, 3.05) is 31.9 Å². The second-order valence-corrected chi connectivity index (χ2v) is 8.43. The van der Waals surface area contributed by atoms with Gasteiger partial charge in [-0.15, -0.1) is 10.2 Å². The summed E-state index contributed by atoms with van der Waals surface area (Å²) in [5.41, 5.74) is 0.745. The molecule has 1 unspecified atom stereocenters. The fourth-order valence-electron chi connectivity index (χ4n) is 3.86. The molecule has 2 fully saturated rings. The van der Waals surface area contributed by atoms with Crippen molar-refractivity contribution in [1.82, 2.24) is 29.9 Å². The number of benzene rings is 1. The molecule has 2 aliphatic heterocycles. The number of urea groups is 1. The van der Waals surface area contributed by atoms with Gasteiger partial charge in [0.15, 0.2) is 11.0 Å². The Kier molecular flexibility index (Phi) is 6.33. The summed E-state index contributed by atoms with van der Waals surface area (Å²) >= 11 is 1.23. The number of nitrogens with zero attached hydrogens (tertiary/aromatic N) is 5. The highest BCUT2D eigenvalue weighted by atomic mass is 32.2. The fraction of sp³-hybridized carbons (Fsp3) is 0.500. The van der Waals surface area contributed by atoms with Crippen LogP contribution in [0.2, 0.25) is 0 Å². The molecule has 3 heterocycles. The first kappa shape index (κ1) is 20.8. The Bertz CT molecular complexity index is 913. The number of hydrogen-bond acceptors (Lipinski definition) is 6. The molecule has 2 saturated heterocycles. The van der Waals surface area contributed by atoms with Crippen LogP contribution in [0, 0.1) is 5.82 Å². The maximum atomic E-state index is 13.5.